The van der Waals surface area contributed by atoms with Crippen LogP contribution in [0.4, 0.5) is 4.79 Å². The predicted octanol–water partition coefficient (Wildman–Crippen LogP) is 1.26. The summed E-state index contributed by atoms with van der Waals surface area (Å²) in [4.78, 5) is 27.2. The fraction of sp³-hybridized carbons (Fsp3) is 0.857. The molecule has 0 aromatic rings. The zero-order valence-corrected chi connectivity index (χ0v) is 12.4. The van der Waals surface area contributed by atoms with E-state index >= 15 is 0 Å². The van der Waals surface area contributed by atoms with E-state index in [9.17, 15) is 14.7 Å². The topological polar surface area (TPSA) is 70.1 Å². The average molecular weight is 284 g/mol. The highest BCUT2D eigenvalue weighted by Crippen LogP contribution is 2.26. The lowest BCUT2D eigenvalue weighted by molar-refractivity contribution is -0.141. The molecule has 6 heteroatoms. The highest BCUT2D eigenvalue weighted by Gasteiger charge is 2.42. The van der Waals surface area contributed by atoms with Gasteiger partial charge in [0.2, 0.25) is 0 Å². The fourth-order valence-corrected chi connectivity index (χ4v) is 3.41. The number of urea groups is 1. The third-order valence-electron chi connectivity index (χ3n) is 4.27. The van der Waals surface area contributed by atoms with Crippen molar-refractivity contribution in [3.05, 3.63) is 0 Å². The second kappa shape index (κ2) is 5.99. The van der Waals surface area contributed by atoms with Gasteiger partial charge in [-0.15, -0.1) is 0 Å². The summed E-state index contributed by atoms with van der Waals surface area (Å²) in [5, 5.41) is 9.28. The number of carboxylic acids is 1. The van der Waals surface area contributed by atoms with Crippen LogP contribution in [0, 0.1) is 11.8 Å². The molecule has 0 bridgehead atoms. The van der Waals surface area contributed by atoms with E-state index in [1.54, 1.807) is 12.0 Å². The van der Waals surface area contributed by atoms with Gasteiger partial charge in [-0.05, 0) is 18.3 Å². The molecule has 1 N–H and O–H groups in total. The first kappa shape index (κ1) is 15.1. The number of ether oxygens (including phenoxy) is 1. The molecule has 2 heterocycles. The number of hydrogen-bond acceptors (Lipinski definition) is 3. The third kappa shape index (κ3) is 3.06. The molecule has 2 amide bonds. The monoisotopic (exact) mass is 284 g/mol. The lowest BCUT2D eigenvalue weighted by atomic mass is 9.92. The Labute approximate surface area is 119 Å². The highest BCUT2D eigenvalue weighted by molar-refractivity contribution is 5.83. The number of carbonyl (C=O) groups excluding carboxylic acids is 1. The van der Waals surface area contributed by atoms with Crippen molar-refractivity contribution in [2.24, 2.45) is 11.8 Å². The number of rotatable bonds is 2. The van der Waals surface area contributed by atoms with Crippen LogP contribution in [0.5, 0.6) is 0 Å². The number of likely N-dealkylation sites (tertiary alicyclic amines) is 2. The standard InChI is InChI=1S/C14H24N2O4/c1-9-4-10(2)7-15(6-9)14(19)16-8-11(20-3)5-12(16)13(17)18/h9-12H,4-8H2,1-3H3,(H,17,18). The molecule has 20 heavy (non-hydrogen) atoms. The van der Waals surface area contributed by atoms with E-state index in [0.717, 1.165) is 6.42 Å². The van der Waals surface area contributed by atoms with Crippen LogP contribution in [0.15, 0.2) is 0 Å². The average Bonchev–Trinajstić information content (AvgIpc) is 2.81. The van der Waals surface area contributed by atoms with Crippen LogP contribution in [0.1, 0.15) is 26.7 Å². The Kier molecular flexibility index (Phi) is 4.52. The minimum Gasteiger partial charge on any atom is -0.480 e. The molecule has 2 aliphatic rings. The summed E-state index contributed by atoms with van der Waals surface area (Å²) in [6.07, 6.45) is 1.31. The van der Waals surface area contributed by atoms with Crippen molar-refractivity contribution in [2.45, 2.75) is 38.8 Å². The maximum atomic E-state index is 12.6. The van der Waals surface area contributed by atoms with Gasteiger partial charge in [-0.1, -0.05) is 13.8 Å². The first-order valence-electron chi connectivity index (χ1n) is 7.23. The molecule has 0 radical (unpaired) electrons. The van der Waals surface area contributed by atoms with Crippen molar-refractivity contribution < 1.29 is 19.4 Å². The zero-order valence-electron chi connectivity index (χ0n) is 12.4. The first-order chi connectivity index (χ1) is 9.42. The fourth-order valence-electron chi connectivity index (χ4n) is 3.41. The second-order valence-electron chi connectivity index (χ2n) is 6.23. The Balaban J connectivity index is 2.08. The van der Waals surface area contributed by atoms with E-state index in [4.69, 9.17) is 4.74 Å². The van der Waals surface area contributed by atoms with Crippen molar-refractivity contribution in [3.8, 4) is 0 Å². The normalized spacial score (nSPS) is 34.4. The molecule has 2 rings (SSSR count). The van der Waals surface area contributed by atoms with Gasteiger partial charge >= 0.3 is 12.0 Å². The van der Waals surface area contributed by atoms with Gasteiger partial charge in [-0.2, -0.15) is 0 Å². The van der Waals surface area contributed by atoms with E-state index < -0.39 is 12.0 Å². The molecule has 0 saturated carbocycles. The first-order valence-corrected chi connectivity index (χ1v) is 7.23. The number of amides is 2. The van der Waals surface area contributed by atoms with Gasteiger partial charge < -0.3 is 19.6 Å². The second-order valence-corrected chi connectivity index (χ2v) is 6.23. The Morgan fingerprint density at radius 2 is 1.70 bits per heavy atom. The lowest BCUT2D eigenvalue weighted by Crippen LogP contribution is -2.52. The molecule has 0 aromatic heterocycles. The highest BCUT2D eigenvalue weighted by atomic mass is 16.5. The summed E-state index contributed by atoms with van der Waals surface area (Å²) in [6, 6.07) is -0.921. The van der Waals surface area contributed by atoms with Gasteiger partial charge in [0.1, 0.15) is 6.04 Å². The molecule has 0 spiro atoms. The quantitative estimate of drug-likeness (QED) is 0.828. The van der Waals surface area contributed by atoms with Crippen molar-refractivity contribution in [1.29, 1.82) is 0 Å². The van der Waals surface area contributed by atoms with Gasteiger partial charge in [0.15, 0.2) is 0 Å². The molecular weight excluding hydrogens is 260 g/mol. The number of hydrogen-bond donors (Lipinski definition) is 1. The molecule has 6 nitrogen and oxygen atoms in total. The minimum absolute atomic E-state index is 0.157. The minimum atomic E-state index is -0.948. The third-order valence-corrected chi connectivity index (χ3v) is 4.27. The molecule has 2 saturated heterocycles. The number of nitrogens with zero attached hydrogens (tertiary/aromatic N) is 2. The zero-order chi connectivity index (χ0) is 14.9. The number of methoxy groups -OCH3 is 1. The van der Waals surface area contributed by atoms with Gasteiger partial charge in [0, 0.05) is 33.2 Å². The van der Waals surface area contributed by atoms with Gasteiger partial charge in [0.05, 0.1) is 6.10 Å². The van der Waals surface area contributed by atoms with Crippen LogP contribution < -0.4 is 0 Å². The van der Waals surface area contributed by atoms with E-state index in [1.807, 2.05) is 0 Å². The van der Waals surface area contributed by atoms with Crippen molar-refractivity contribution in [3.63, 3.8) is 0 Å². The molecule has 0 aromatic carbocycles. The molecule has 4 unspecified atom stereocenters. The summed E-state index contributed by atoms with van der Waals surface area (Å²) in [5.41, 5.74) is 0. The number of piperidine rings is 1. The summed E-state index contributed by atoms with van der Waals surface area (Å²) in [5.74, 6) is -0.0189. The van der Waals surface area contributed by atoms with Crippen LogP contribution in [-0.2, 0) is 9.53 Å². The maximum Gasteiger partial charge on any atom is 0.326 e. The summed E-state index contributed by atoms with van der Waals surface area (Å²) in [7, 11) is 1.56. The van der Waals surface area contributed by atoms with E-state index in [0.29, 0.717) is 37.9 Å². The lowest BCUT2D eigenvalue weighted by Gasteiger charge is -2.38. The number of aliphatic carboxylic acids is 1. The van der Waals surface area contributed by atoms with Crippen LogP contribution in [-0.4, -0.2) is 65.8 Å². The van der Waals surface area contributed by atoms with E-state index in [2.05, 4.69) is 13.8 Å². The van der Waals surface area contributed by atoms with E-state index in [1.165, 1.54) is 4.90 Å². The summed E-state index contributed by atoms with van der Waals surface area (Å²) in [6.45, 7) is 6.05. The maximum absolute atomic E-state index is 12.6. The smallest absolute Gasteiger partial charge is 0.326 e. The van der Waals surface area contributed by atoms with Crippen molar-refractivity contribution >= 4 is 12.0 Å². The molecule has 2 aliphatic heterocycles. The molecular formula is C14H24N2O4. The van der Waals surface area contributed by atoms with Crippen LogP contribution >= 0.6 is 0 Å². The largest absolute Gasteiger partial charge is 0.480 e. The van der Waals surface area contributed by atoms with Gasteiger partial charge in [-0.3, -0.25) is 0 Å². The van der Waals surface area contributed by atoms with Crippen molar-refractivity contribution in [1.82, 2.24) is 9.80 Å². The Morgan fingerprint density at radius 3 is 2.20 bits per heavy atom. The Hall–Kier alpha value is -1.30. The van der Waals surface area contributed by atoms with Crippen LogP contribution in [0.3, 0.4) is 0 Å². The van der Waals surface area contributed by atoms with Gasteiger partial charge in [-0.25, -0.2) is 9.59 Å². The summed E-state index contributed by atoms with van der Waals surface area (Å²) >= 11 is 0. The molecule has 114 valence electrons. The Morgan fingerprint density at radius 1 is 1.10 bits per heavy atom. The molecule has 2 fully saturated rings. The Bertz CT molecular complexity index is 377. The van der Waals surface area contributed by atoms with Gasteiger partial charge in [0.25, 0.3) is 0 Å². The van der Waals surface area contributed by atoms with Crippen LogP contribution in [0.25, 0.3) is 0 Å². The number of carboxylic acid groups (broad SMARTS) is 1. The molecule has 0 aliphatic carbocycles. The molecule has 4 atom stereocenters. The number of carbonyl (C=O) groups is 2. The van der Waals surface area contributed by atoms with E-state index in [-0.39, 0.29) is 12.1 Å². The SMILES string of the molecule is COC1CC(C(=O)O)N(C(=O)N2CC(C)CC(C)C2)C1. The van der Waals surface area contributed by atoms with Crippen molar-refractivity contribution in [2.75, 3.05) is 26.7 Å². The van der Waals surface area contributed by atoms with Crippen LogP contribution in [0.2, 0.25) is 0 Å². The summed E-state index contributed by atoms with van der Waals surface area (Å²) < 4.78 is 5.23. The predicted molar refractivity (Wildman–Crippen MR) is 73.5 cm³/mol.